The molecule has 5 nitrogen and oxygen atoms in total. The molecule has 2 aromatic rings. The molecule has 0 saturated heterocycles. The van der Waals surface area contributed by atoms with E-state index in [2.05, 4.69) is 10.6 Å². The van der Waals surface area contributed by atoms with E-state index in [1.165, 1.54) is 5.56 Å². The van der Waals surface area contributed by atoms with Gasteiger partial charge in [0, 0.05) is 13.1 Å². The molecule has 23 heavy (non-hydrogen) atoms. The monoisotopic (exact) mass is 314 g/mol. The Morgan fingerprint density at radius 3 is 2.61 bits per heavy atom. The molecule has 0 spiro atoms. The van der Waals surface area contributed by atoms with Crippen molar-refractivity contribution in [1.29, 1.82) is 0 Å². The SMILES string of the molecule is COc1cccc(C(O)CNC(=O)NCc2ccc(C)cc2)c1. The van der Waals surface area contributed by atoms with E-state index in [-0.39, 0.29) is 12.6 Å². The van der Waals surface area contributed by atoms with Gasteiger partial charge >= 0.3 is 6.03 Å². The number of aliphatic hydroxyl groups is 1. The molecule has 3 N–H and O–H groups in total. The zero-order chi connectivity index (χ0) is 16.7. The minimum Gasteiger partial charge on any atom is -0.497 e. The normalized spacial score (nSPS) is 11.6. The van der Waals surface area contributed by atoms with Crippen LogP contribution in [0.2, 0.25) is 0 Å². The summed E-state index contributed by atoms with van der Waals surface area (Å²) in [7, 11) is 1.57. The molecule has 0 heterocycles. The number of carbonyl (C=O) groups is 1. The molecule has 0 saturated carbocycles. The largest absolute Gasteiger partial charge is 0.497 e. The average molecular weight is 314 g/mol. The lowest BCUT2D eigenvalue weighted by atomic mass is 10.1. The number of hydrogen-bond acceptors (Lipinski definition) is 3. The van der Waals surface area contributed by atoms with Gasteiger partial charge < -0.3 is 20.5 Å². The number of aliphatic hydroxyl groups excluding tert-OH is 1. The number of nitrogens with one attached hydrogen (secondary N) is 2. The van der Waals surface area contributed by atoms with Gasteiger partial charge in [-0.15, -0.1) is 0 Å². The lowest BCUT2D eigenvalue weighted by Crippen LogP contribution is -2.37. The Morgan fingerprint density at radius 2 is 1.91 bits per heavy atom. The van der Waals surface area contributed by atoms with Gasteiger partial charge in [-0.3, -0.25) is 0 Å². The van der Waals surface area contributed by atoms with Gasteiger partial charge in [0.2, 0.25) is 0 Å². The second-order valence-electron chi connectivity index (χ2n) is 5.34. The number of carbonyl (C=O) groups excluding carboxylic acids is 1. The maximum absolute atomic E-state index is 11.8. The van der Waals surface area contributed by atoms with Crippen LogP contribution in [0.4, 0.5) is 4.79 Å². The van der Waals surface area contributed by atoms with Crippen LogP contribution >= 0.6 is 0 Å². The average Bonchev–Trinajstić information content (AvgIpc) is 2.59. The molecule has 1 atom stereocenters. The second kappa shape index (κ2) is 8.19. The van der Waals surface area contributed by atoms with Crippen LogP contribution < -0.4 is 15.4 Å². The van der Waals surface area contributed by atoms with E-state index >= 15 is 0 Å². The van der Waals surface area contributed by atoms with E-state index in [9.17, 15) is 9.90 Å². The standard InChI is InChI=1S/C18H22N2O3/c1-13-6-8-14(9-7-13)11-19-18(22)20-12-17(21)15-4-3-5-16(10-15)23-2/h3-10,17,21H,11-12H2,1-2H3,(H2,19,20,22). The Kier molecular flexibility index (Phi) is 6.00. The predicted molar refractivity (Wildman–Crippen MR) is 89.4 cm³/mol. The van der Waals surface area contributed by atoms with Gasteiger partial charge in [0.25, 0.3) is 0 Å². The number of benzene rings is 2. The zero-order valence-electron chi connectivity index (χ0n) is 13.4. The molecule has 0 aliphatic rings. The highest BCUT2D eigenvalue weighted by Gasteiger charge is 2.10. The first-order valence-electron chi connectivity index (χ1n) is 7.48. The highest BCUT2D eigenvalue weighted by molar-refractivity contribution is 5.73. The van der Waals surface area contributed by atoms with Crippen LogP contribution in [-0.4, -0.2) is 24.8 Å². The van der Waals surface area contributed by atoms with Crippen LogP contribution in [0, 0.1) is 6.92 Å². The van der Waals surface area contributed by atoms with Crippen LogP contribution in [0.1, 0.15) is 22.8 Å². The van der Waals surface area contributed by atoms with Gasteiger partial charge in [-0.1, -0.05) is 42.0 Å². The summed E-state index contributed by atoms with van der Waals surface area (Å²) in [4.78, 5) is 11.8. The van der Waals surface area contributed by atoms with Gasteiger partial charge in [0.1, 0.15) is 5.75 Å². The fourth-order valence-corrected chi connectivity index (χ4v) is 2.11. The van der Waals surface area contributed by atoms with E-state index in [1.807, 2.05) is 31.2 Å². The van der Waals surface area contributed by atoms with Crippen LogP contribution in [0.25, 0.3) is 0 Å². The number of ether oxygens (including phenoxy) is 1. The van der Waals surface area contributed by atoms with Crippen molar-refractivity contribution in [3.63, 3.8) is 0 Å². The summed E-state index contributed by atoms with van der Waals surface area (Å²) in [5.74, 6) is 0.672. The smallest absolute Gasteiger partial charge is 0.315 e. The first-order valence-corrected chi connectivity index (χ1v) is 7.48. The van der Waals surface area contributed by atoms with Crippen LogP contribution in [0.15, 0.2) is 48.5 Å². The number of hydrogen-bond donors (Lipinski definition) is 3. The third-order valence-electron chi connectivity index (χ3n) is 3.51. The maximum atomic E-state index is 11.8. The van der Waals surface area contributed by atoms with E-state index in [4.69, 9.17) is 4.74 Å². The Morgan fingerprint density at radius 1 is 1.17 bits per heavy atom. The van der Waals surface area contributed by atoms with Crippen molar-refractivity contribution >= 4 is 6.03 Å². The van der Waals surface area contributed by atoms with E-state index in [0.29, 0.717) is 17.9 Å². The van der Waals surface area contributed by atoms with Crippen molar-refractivity contribution in [1.82, 2.24) is 10.6 Å². The summed E-state index contributed by atoms with van der Waals surface area (Å²) in [6.45, 7) is 2.60. The highest BCUT2D eigenvalue weighted by Crippen LogP contribution is 2.18. The zero-order valence-corrected chi connectivity index (χ0v) is 13.4. The molecule has 122 valence electrons. The lowest BCUT2D eigenvalue weighted by molar-refractivity contribution is 0.172. The molecular formula is C18H22N2O3. The molecule has 0 aliphatic carbocycles. The minimum atomic E-state index is -0.782. The van der Waals surface area contributed by atoms with Crippen molar-refractivity contribution in [3.05, 3.63) is 65.2 Å². The summed E-state index contributed by atoms with van der Waals surface area (Å²) in [6.07, 6.45) is -0.782. The van der Waals surface area contributed by atoms with Gasteiger partial charge in [-0.05, 0) is 30.2 Å². The number of aryl methyl sites for hydroxylation is 1. The van der Waals surface area contributed by atoms with Gasteiger partial charge in [-0.25, -0.2) is 4.79 Å². The summed E-state index contributed by atoms with van der Waals surface area (Å²) < 4.78 is 5.12. The Hall–Kier alpha value is -2.53. The quantitative estimate of drug-likeness (QED) is 0.767. The van der Waals surface area contributed by atoms with Gasteiger partial charge in [0.05, 0.1) is 13.2 Å². The Balaban J connectivity index is 1.78. The van der Waals surface area contributed by atoms with Crippen molar-refractivity contribution < 1.29 is 14.6 Å². The van der Waals surface area contributed by atoms with Crippen LogP contribution in [-0.2, 0) is 6.54 Å². The molecule has 1 unspecified atom stereocenters. The molecule has 0 aliphatic heterocycles. The van der Waals surface area contributed by atoms with Gasteiger partial charge in [-0.2, -0.15) is 0 Å². The van der Waals surface area contributed by atoms with Gasteiger partial charge in [0.15, 0.2) is 0 Å². The molecule has 2 aromatic carbocycles. The van der Waals surface area contributed by atoms with Crippen LogP contribution in [0.5, 0.6) is 5.75 Å². The van der Waals surface area contributed by atoms with Crippen molar-refractivity contribution in [2.24, 2.45) is 0 Å². The van der Waals surface area contributed by atoms with E-state index in [0.717, 1.165) is 5.56 Å². The molecule has 2 rings (SSSR count). The molecule has 0 bridgehead atoms. The Labute approximate surface area is 136 Å². The first kappa shape index (κ1) is 16.8. The minimum absolute atomic E-state index is 0.132. The predicted octanol–water partition coefficient (Wildman–Crippen LogP) is 2.54. The molecule has 5 heteroatoms. The summed E-state index contributed by atoms with van der Waals surface area (Å²) in [6, 6.07) is 14.8. The fourth-order valence-electron chi connectivity index (χ4n) is 2.11. The van der Waals surface area contributed by atoms with E-state index < -0.39 is 6.10 Å². The summed E-state index contributed by atoms with van der Waals surface area (Å²) in [5.41, 5.74) is 2.90. The van der Waals surface area contributed by atoms with Crippen molar-refractivity contribution in [2.75, 3.05) is 13.7 Å². The topological polar surface area (TPSA) is 70.6 Å². The Bertz CT molecular complexity index is 641. The molecule has 0 fully saturated rings. The molecule has 2 amide bonds. The fraction of sp³-hybridized carbons (Fsp3) is 0.278. The highest BCUT2D eigenvalue weighted by atomic mass is 16.5. The maximum Gasteiger partial charge on any atom is 0.315 e. The first-order chi connectivity index (χ1) is 11.1. The molecule has 0 radical (unpaired) electrons. The molecule has 0 aromatic heterocycles. The third-order valence-corrected chi connectivity index (χ3v) is 3.51. The third kappa shape index (κ3) is 5.30. The van der Waals surface area contributed by atoms with Crippen molar-refractivity contribution in [3.8, 4) is 5.75 Å². The van der Waals surface area contributed by atoms with Crippen molar-refractivity contribution in [2.45, 2.75) is 19.6 Å². The molecular weight excluding hydrogens is 292 g/mol. The summed E-state index contributed by atoms with van der Waals surface area (Å²) >= 11 is 0. The number of urea groups is 1. The lowest BCUT2D eigenvalue weighted by Gasteiger charge is -2.14. The van der Waals surface area contributed by atoms with Crippen LogP contribution in [0.3, 0.4) is 0 Å². The number of methoxy groups -OCH3 is 1. The van der Waals surface area contributed by atoms with E-state index in [1.54, 1.807) is 31.4 Å². The number of rotatable bonds is 6. The summed E-state index contributed by atoms with van der Waals surface area (Å²) in [5, 5.41) is 15.5. The number of amides is 2. The second-order valence-corrected chi connectivity index (χ2v) is 5.34.